The molecule has 0 saturated heterocycles. The maximum Gasteiger partial charge on any atom is 0.229 e. The number of hydrogen-bond donors (Lipinski definition) is 2. The van der Waals surface area contributed by atoms with Gasteiger partial charge in [-0.25, -0.2) is 15.0 Å². The van der Waals surface area contributed by atoms with Gasteiger partial charge in [0.05, 0.1) is 11.7 Å². The van der Waals surface area contributed by atoms with Gasteiger partial charge in [0.1, 0.15) is 22.9 Å². The molecule has 1 aromatic carbocycles. The molecule has 9 nitrogen and oxygen atoms in total. The third-order valence-corrected chi connectivity index (χ3v) is 6.70. The largest absolute Gasteiger partial charge is 0.490 e. The Morgan fingerprint density at radius 3 is 2.77 bits per heavy atom. The Hall–Kier alpha value is -3.72. The average molecular weight is 474 g/mol. The first-order chi connectivity index (χ1) is 17.1. The van der Waals surface area contributed by atoms with E-state index in [0.29, 0.717) is 34.5 Å². The number of pyridine rings is 2. The molecular formula is C26H27N5O4. The minimum absolute atomic E-state index is 0.00990. The van der Waals surface area contributed by atoms with Gasteiger partial charge in [-0.3, -0.25) is 4.79 Å². The summed E-state index contributed by atoms with van der Waals surface area (Å²) in [7, 11) is 3.54. The van der Waals surface area contributed by atoms with Gasteiger partial charge in [-0.2, -0.15) is 0 Å². The van der Waals surface area contributed by atoms with Gasteiger partial charge < -0.3 is 24.5 Å². The second kappa shape index (κ2) is 8.81. The van der Waals surface area contributed by atoms with Gasteiger partial charge in [0, 0.05) is 55.9 Å². The molecule has 2 aliphatic carbocycles. The van der Waals surface area contributed by atoms with Crippen molar-refractivity contribution in [3.05, 3.63) is 36.7 Å². The topological polar surface area (TPSA) is 111 Å². The van der Waals surface area contributed by atoms with Crippen molar-refractivity contribution in [3.8, 4) is 17.2 Å². The molecule has 0 aliphatic heterocycles. The molecule has 1 amide bonds. The van der Waals surface area contributed by atoms with Gasteiger partial charge >= 0.3 is 0 Å². The van der Waals surface area contributed by atoms with Crippen molar-refractivity contribution < 1.29 is 18.7 Å². The second-order valence-corrected chi connectivity index (χ2v) is 9.33. The van der Waals surface area contributed by atoms with Gasteiger partial charge in [0.15, 0.2) is 5.58 Å². The summed E-state index contributed by atoms with van der Waals surface area (Å²) >= 11 is 0. The van der Waals surface area contributed by atoms with E-state index in [1.807, 2.05) is 31.3 Å². The predicted octanol–water partition coefficient (Wildman–Crippen LogP) is 4.63. The summed E-state index contributed by atoms with van der Waals surface area (Å²) in [6.07, 6.45) is 7.51. The van der Waals surface area contributed by atoms with Crippen molar-refractivity contribution in [3.63, 3.8) is 0 Å². The van der Waals surface area contributed by atoms with E-state index in [1.54, 1.807) is 19.5 Å². The fraction of sp³-hybridized carbons (Fsp3) is 0.385. The number of ether oxygens (including phenoxy) is 2. The van der Waals surface area contributed by atoms with E-state index in [4.69, 9.17) is 18.9 Å². The first-order valence-electron chi connectivity index (χ1n) is 11.9. The Bertz CT molecular complexity index is 1410. The van der Waals surface area contributed by atoms with Crippen LogP contribution in [0.1, 0.15) is 25.7 Å². The van der Waals surface area contributed by atoms with Gasteiger partial charge in [-0.1, -0.05) is 0 Å². The quantitative estimate of drug-likeness (QED) is 0.381. The molecule has 35 heavy (non-hydrogen) atoms. The number of nitrogens with zero attached hydrogens (tertiary/aromatic N) is 3. The smallest absolute Gasteiger partial charge is 0.229 e. The number of benzene rings is 1. The molecule has 180 valence electrons. The number of methoxy groups -OCH3 is 1. The van der Waals surface area contributed by atoms with Crippen molar-refractivity contribution in [2.24, 2.45) is 11.8 Å². The fourth-order valence-corrected chi connectivity index (χ4v) is 4.58. The predicted molar refractivity (Wildman–Crippen MR) is 132 cm³/mol. The molecule has 0 bridgehead atoms. The normalized spacial score (nSPS) is 19.5. The maximum absolute atomic E-state index is 12.3. The van der Waals surface area contributed by atoms with Crippen LogP contribution >= 0.6 is 0 Å². The Morgan fingerprint density at radius 2 is 2.00 bits per heavy atom. The van der Waals surface area contributed by atoms with Crippen molar-refractivity contribution in [2.45, 2.75) is 31.8 Å². The fourth-order valence-electron chi connectivity index (χ4n) is 4.58. The number of amides is 1. The molecule has 9 heteroatoms. The Labute approximate surface area is 202 Å². The van der Waals surface area contributed by atoms with Crippen LogP contribution in [-0.4, -0.2) is 47.7 Å². The number of carbonyl (C=O) groups is 1. The van der Waals surface area contributed by atoms with E-state index in [2.05, 4.69) is 20.6 Å². The zero-order chi connectivity index (χ0) is 23.9. The highest BCUT2D eigenvalue weighted by Crippen LogP contribution is 2.36. The summed E-state index contributed by atoms with van der Waals surface area (Å²) in [6, 6.07) is 7.56. The molecule has 6 rings (SSSR count). The number of hydrogen-bond acceptors (Lipinski definition) is 8. The number of aromatic nitrogens is 3. The molecule has 0 unspecified atom stereocenters. The molecule has 0 radical (unpaired) electrons. The van der Waals surface area contributed by atoms with Crippen LogP contribution in [0.5, 0.6) is 5.75 Å². The second-order valence-electron chi connectivity index (χ2n) is 9.33. The van der Waals surface area contributed by atoms with E-state index in [0.717, 1.165) is 54.4 Å². The Kier molecular flexibility index (Phi) is 5.49. The lowest BCUT2D eigenvalue weighted by Gasteiger charge is -2.34. The first kappa shape index (κ1) is 21.8. The molecule has 0 atom stereocenters. The van der Waals surface area contributed by atoms with Crippen molar-refractivity contribution in [2.75, 3.05) is 31.4 Å². The molecule has 2 fully saturated rings. The monoisotopic (exact) mass is 473 g/mol. The number of anilines is 2. The lowest BCUT2D eigenvalue weighted by atomic mass is 9.83. The van der Waals surface area contributed by atoms with Crippen LogP contribution in [0.25, 0.3) is 33.3 Å². The van der Waals surface area contributed by atoms with Crippen LogP contribution in [0.3, 0.4) is 0 Å². The highest BCUT2D eigenvalue weighted by molar-refractivity contribution is 6.03. The summed E-state index contributed by atoms with van der Waals surface area (Å²) in [6.45, 7) is 0.779. The van der Waals surface area contributed by atoms with Crippen LogP contribution in [0.2, 0.25) is 0 Å². The van der Waals surface area contributed by atoms with E-state index in [9.17, 15) is 4.79 Å². The van der Waals surface area contributed by atoms with Crippen molar-refractivity contribution in [1.29, 1.82) is 0 Å². The zero-order valence-corrected chi connectivity index (χ0v) is 19.7. The van der Waals surface area contributed by atoms with E-state index < -0.39 is 0 Å². The third kappa shape index (κ3) is 4.27. The molecule has 3 aromatic heterocycles. The standard InChI is InChI=1S/C26H27N5O4/c1-27-24-19-11-28-23(31-25(32)15-3-4-15)10-18(19)20(12-29-24)26-30-21-9-16(5-6-22(21)35-26)34-17-7-14(8-17)13-33-2/h5-6,9-12,14-15,17H,3-4,7-8,13H2,1-2H3,(H,27,29)(H,28,31,32). The Balaban J connectivity index is 1.31. The first-order valence-corrected chi connectivity index (χ1v) is 11.9. The molecular weight excluding hydrogens is 446 g/mol. The highest BCUT2D eigenvalue weighted by Gasteiger charge is 2.31. The number of rotatable bonds is 8. The summed E-state index contributed by atoms with van der Waals surface area (Å²) < 4.78 is 17.4. The number of fused-ring (bicyclic) bond motifs is 2. The number of nitrogens with one attached hydrogen (secondary N) is 2. The molecule has 2 saturated carbocycles. The molecule has 4 aromatic rings. The SMILES string of the molecule is CNc1ncc(-c2nc3cc(OC4CC(COC)C4)ccc3o2)c2cc(NC(=O)C3CC3)ncc12. The van der Waals surface area contributed by atoms with Gasteiger partial charge in [-0.15, -0.1) is 0 Å². The molecule has 2 aliphatic rings. The minimum atomic E-state index is 0.00990. The number of oxazole rings is 1. The minimum Gasteiger partial charge on any atom is -0.490 e. The van der Waals surface area contributed by atoms with Crippen LogP contribution < -0.4 is 15.4 Å². The van der Waals surface area contributed by atoms with E-state index >= 15 is 0 Å². The van der Waals surface area contributed by atoms with Crippen molar-refractivity contribution in [1.82, 2.24) is 15.0 Å². The zero-order valence-electron chi connectivity index (χ0n) is 19.7. The van der Waals surface area contributed by atoms with Crippen LogP contribution in [-0.2, 0) is 9.53 Å². The summed E-state index contributed by atoms with van der Waals surface area (Å²) in [5.74, 6) is 3.10. The van der Waals surface area contributed by atoms with Gasteiger partial charge in [-0.05, 0) is 49.8 Å². The van der Waals surface area contributed by atoms with Gasteiger partial charge in [0.25, 0.3) is 0 Å². The Morgan fingerprint density at radius 1 is 1.14 bits per heavy atom. The van der Waals surface area contributed by atoms with Crippen LogP contribution in [0.4, 0.5) is 11.6 Å². The van der Waals surface area contributed by atoms with E-state index in [1.165, 1.54) is 0 Å². The summed E-state index contributed by atoms with van der Waals surface area (Å²) in [5, 5.41) is 7.67. The molecule has 3 heterocycles. The van der Waals surface area contributed by atoms with Crippen molar-refractivity contribution >= 4 is 39.4 Å². The highest BCUT2D eigenvalue weighted by atomic mass is 16.5. The lowest BCUT2D eigenvalue weighted by molar-refractivity contribution is -0.117. The van der Waals surface area contributed by atoms with E-state index in [-0.39, 0.29) is 17.9 Å². The summed E-state index contributed by atoms with van der Waals surface area (Å²) in [5.41, 5.74) is 2.11. The van der Waals surface area contributed by atoms with Crippen LogP contribution in [0, 0.1) is 11.8 Å². The molecule has 0 spiro atoms. The average Bonchev–Trinajstić information content (AvgIpc) is 3.61. The summed E-state index contributed by atoms with van der Waals surface area (Å²) in [4.78, 5) is 26.0. The maximum atomic E-state index is 12.3. The molecule has 2 N–H and O–H groups in total. The van der Waals surface area contributed by atoms with Crippen LogP contribution in [0.15, 0.2) is 41.1 Å². The third-order valence-electron chi connectivity index (χ3n) is 6.70. The van der Waals surface area contributed by atoms with Gasteiger partial charge in [0.2, 0.25) is 11.8 Å². The number of carbonyl (C=O) groups excluding carboxylic acids is 1. The lowest BCUT2D eigenvalue weighted by Crippen LogP contribution is -2.36.